The van der Waals surface area contributed by atoms with E-state index in [9.17, 15) is 9.18 Å². The zero-order valence-corrected chi connectivity index (χ0v) is 16.8. The van der Waals surface area contributed by atoms with Gasteiger partial charge in [-0.3, -0.25) is 0 Å². The van der Waals surface area contributed by atoms with Gasteiger partial charge in [-0.2, -0.15) is 0 Å². The van der Waals surface area contributed by atoms with Gasteiger partial charge in [0, 0.05) is 43.1 Å². The normalized spacial score (nSPS) is 23.1. The highest BCUT2D eigenvalue weighted by atomic mass is 19.1. The summed E-state index contributed by atoms with van der Waals surface area (Å²) in [6.45, 7) is 10.1. The van der Waals surface area contributed by atoms with Crippen molar-refractivity contribution in [2.24, 2.45) is 0 Å². The minimum atomic E-state index is -0.266. The molecule has 0 bridgehead atoms. The Kier molecular flexibility index (Phi) is 5.65. The first-order valence-electron chi connectivity index (χ1n) is 9.89. The highest BCUT2D eigenvalue weighted by molar-refractivity contribution is 5.74. The van der Waals surface area contributed by atoms with Crippen molar-refractivity contribution in [2.75, 3.05) is 13.1 Å². The molecule has 0 spiro atoms. The predicted octanol–water partition coefficient (Wildman–Crippen LogP) is 3.69. The molecular weight excluding hydrogens is 345 g/mol. The fourth-order valence-corrected chi connectivity index (χ4v) is 4.57. The van der Waals surface area contributed by atoms with E-state index in [2.05, 4.69) is 38.3 Å². The maximum atomic E-state index is 13.0. The van der Waals surface area contributed by atoms with Crippen LogP contribution < -0.4 is 15.4 Å². The van der Waals surface area contributed by atoms with E-state index >= 15 is 0 Å². The quantitative estimate of drug-likeness (QED) is 0.845. The number of piperidine rings is 2. The van der Waals surface area contributed by atoms with E-state index in [0.29, 0.717) is 18.8 Å². The van der Waals surface area contributed by atoms with Crippen LogP contribution in [-0.4, -0.2) is 47.2 Å². The molecule has 0 aliphatic carbocycles. The number of halogens is 1. The molecule has 6 heteroatoms. The number of nitrogens with one attached hydrogen (secondary N) is 2. The molecule has 1 aromatic carbocycles. The first kappa shape index (κ1) is 19.9. The van der Waals surface area contributed by atoms with Crippen molar-refractivity contribution in [1.82, 2.24) is 15.5 Å². The van der Waals surface area contributed by atoms with E-state index in [1.165, 1.54) is 12.1 Å². The summed E-state index contributed by atoms with van der Waals surface area (Å²) in [5.74, 6) is 0.413. The highest BCUT2D eigenvalue weighted by Gasteiger charge is 2.38. The van der Waals surface area contributed by atoms with Crippen LogP contribution in [0, 0.1) is 5.82 Å². The van der Waals surface area contributed by atoms with Crippen LogP contribution in [0.25, 0.3) is 0 Å². The van der Waals surface area contributed by atoms with Crippen LogP contribution in [0.1, 0.15) is 53.4 Å². The zero-order chi connectivity index (χ0) is 19.7. The Morgan fingerprint density at radius 1 is 1.11 bits per heavy atom. The second-order valence-corrected chi connectivity index (χ2v) is 9.21. The third-order valence-electron chi connectivity index (χ3n) is 5.36. The molecule has 2 amide bonds. The molecule has 5 nitrogen and oxygen atoms in total. The maximum absolute atomic E-state index is 13.0. The molecule has 27 heavy (non-hydrogen) atoms. The molecule has 1 aromatic rings. The van der Waals surface area contributed by atoms with E-state index < -0.39 is 0 Å². The highest BCUT2D eigenvalue weighted by Crippen LogP contribution is 2.29. The van der Waals surface area contributed by atoms with Gasteiger partial charge < -0.3 is 20.3 Å². The number of carbonyl (C=O) groups is 1. The molecule has 150 valence electrons. The van der Waals surface area contributed by atoms with E-state index in [4.69, 9.17) is 4.74 Å². The minimum Gasteiger partial charge on any atom is -0.490 e. The number of likely N-dealkylation sites (tertiary alicyclic amines) is 1. The third-order valence-corrected chi connectivity index (χ3v) is 5.36. The molecule has 2 heterocycles. The van der Waals surface area contributed by atoms with Gasteiger partial charge in [0.15, 0.2) is 0 Å². The fourth-order valence-electron chi connectivity index (χ4n) is 4.57. The molecule has 0 atom stereocenters. The Bertz CT molecular complexity index is 636. The molecule has 0 saturated carbocycles. The topological polar surface area (TPSA) is 53.6 Å². The van der Waals surface area contributed by atoms with Gasteiger partial charge in [-0.05, 0) is 64.8 Å². The van der Waals surface area contributed by atoms with Gasteiger partial charge in [0.05, 0.1) is 0 Å². The first-order valence-corrected chi connectivity index (χ1v) is 9.89. The van der Waals surface area contributed by atoms with Crippen LogP contribution >= 0.6 is 0 Å². The van der Waals surface area contributed by atoms with Gasteiger partial charge in [0.2, 0.25) is 0 Å². The van der Waals surface area contributed by atoms with Crippen molar-refractivity contribution in [3.8, 4) is 5.75 Å². The van der Waals surface area contributed by atoms with Gasteiger partial charge in [-0.1, -0.05) is 0 Å². The Hall–Kier alpha value is -1.82. The maximum Gasteiger partial charge on any atom is 0.317 e. The molecule has 0 aromatic heterocycles. The Morgan fingerprint density at radius 3 is 2.22 bits per heavy atom. The second-order valence-electron chi connectivity index (χ2n) is 9.21. The zero-order valence-electron chi connectivity index (χ0n) is 16.8. The summed E-state index contributed by atoms with van der Waals surface area (Å²) >= 11 is 0. The molecule has 2 N–H and O–H groups in total. The molecule has 2 aliphatic rings. The molecule has 2 saturated heterocycles. The van der Waals surface area contributed by atoms with Crippen LogP contribution in [0.15, 0.2) is 24.3 Å². The number of rotatable bonds is 3. The Balaban J connectivity index is 1.47. The molecule has 0 radical (unpaired) electrons. The second kappa shape index (κ2) is 7.66. The number of hydrogen-bond donors (Lipinski definition) is 2. The van der Waals surface area contributed by atoms with E-state index in [-0.39, 0.29) is 35.1 Å². The lowest BCUT2D eigenvalue weighted by molar-refractivity contribution is 0.103. The number of ether oxygens (including phenoxy) is 1. The van der Waals surface area contributed by atoms with E-state index in [0.717, 1.165) is 25.7 Å². The van der Waals surface area contributed by atoms with Crippen LogP contribution in [0.4, 0.5) is 9.18 Å². The molecule has 0 unspecified atom stereocenters. The number of urea groups is 1. The Morgan fingerprint density at radius 2 is 1.67 bits per heavy atom. The lowest BCUT2D eigenvalue weighted by Crippen LogP contribution is -2.63. The molecule has 2 aliphatic heterocycles. The number of carbonyl (C=O) groups excluding carboxylic acids is 1. The van der Waals surface area contributed by atoms with Crippen molar-refractivity contribution in [1.29, 1.82) is 0 Å². The lowest BCUT2D eigenvalue weighted by atomic mass is 9.79. The van der Waals surface area contributed by atoms with Gasteiger partial charge >= 0.3 is 6.03 Å². The summed E-state index contributed by atoms with van der Waals surface area (Å²) in [6, 6.07) is 6.30. The van der Waals surface area contributed by atoms with E-state index in [1.807, 2.05) is 4.90 Å². The summed E-state index contributed by atoms with van der Waals surface area (Å²) in [5.41, 5.74) is 0.0192. The van der Waals surface area contributed by atoms with Crippen LogP contribution in [-0.2, 0) is 0 Å². The summed E-state index contributed by atoms with van der Waals surface area (Å²) < 4.78 is 18.9. The number of nitrogens with zero attached hydrogens (tertiary/aromatic N) is 1. The van der Waals surface area contributed by atoms with Gasteiger partial charge in [0.25, 0.3) is 0 Å². The number of amides is 2. The minimum absolute atomic E-state index is 0.00961. The lowest BCUT2D eigenvalue weighted by Gasteiger charge is -2.47. The molecular formula is C21H32FN3O2. The summed E-state index contributed by atoms with van der Waals surface area (Å²) in [7, 11) is 0. The van der Waals surface area contributed by atoms with Crippen molar-refractivity contribution >= 4 is 6.03 Å². The summed E-state index contributed by atoms with van der Waals surface area (Å²) in [4.78, 5) is 14.6. The summed E-state index contributed by atoms with van der Waals surface area (Å²) in [5, 5.41) is 6.88. The number of benzene rings is 1. The van der Waals surface area contributed by atoms with Crippen molar-refractivity contribution in [2.45, 2.75) is 76.6 Å². The van der Waals surface area contributed by atoms with Crippen LogP contribution in [0.2, 0.25) is 0 Å². The van der Waals surface area contributed by atoms with Gasteiger partial charge in [-0.15, -0.1) is 0 Å². The monoisotopic (exact) mass is 377 g/mol. The SMILES string of the molecule is CC1(C)CC(NC(=O)N2CCC(Oc3ccc(F)cc3)CC2)CC(C)(C)N1. The standard InChI is InChI=1S/C21H32FN3O2/c1-20(2)13-16(14-21(3,4)24-20)23-19(26)25-11-9-18(10-12-25)27-17-7-5-15(22)6-8-17/h5-8,16,18,24H,9-14H2,1-4H3,(H,23,26). The van der Waals surface area contributed by atoms with Crippen molar-refractivity contribution < 1.29 is 13.9 Å². The number of hydrogen-bond acceptors (Lipinski definition) is 3. The van der Waals surface area contributed by atoms with E-state index in [1.54, 1.807) is 12.1 Å². The van der Waals surface area contributed by atoms with Gasteiger partial charge in [0.1, 0.15) is 17.7 Å². The van der Waals surface area contributed by atoms with Gasteiger partial charge in [-0.25, -0.2) is 9.18 Å². The summed E-state index contributed by atoms with van der Waals surface area (Å²) in [6.07, 6.45) is 3.48. The Labute approximate surface area is 161 Å². The first-order chi connectivity index (χ1) is 12.6. The smallest absolute Gasteiger partial charge is 0.317 e. The average molecular weight is 378 g/mol. The average Bonchev–Trinajstić information content (AvgIpc) is 2.54. The fraction of sp³-hybridized carbons (Fsp3) is 0.667. The largest absolute Gasteiger partial charge is 0.490 e. The molecule has 3 rings (SSSR count). The van der Waals surface area contributed by atoms with Crippen LogP contribution in [0.3, 0.4) is 0 Å². The third kappa shape index (κ3) is 5.58. The van der Waals surface area contributed by atoms with Crippen LogP contribution in [0.5, 0.6) is 5.75 Å². The predicted molar refractivity (Wildman–Crippen MR) is 104 cm³/mol. The van der Waals surface area contributed by atoms with Crippen molar-refractivity contribution in [3.05, 3.63) is 30.1 Å². The molecule has 2 fully saturated rings. The van der Waals surface area contributed by atoms with Crippen molar-refractivity contribution in [3.63, 3.8) is 0 Å².